The molecule has 0 radical (unpaired) electrons. The van der Waals surface area contributed by atoms with E-state index in [4.69, 9.17) is 15.1 Å². The van der Waals surface area contributed by atoms with E-state index in [-0.39, 0.29) is 16.5 Å². The van der Waals surface area contributed by atoms with Crippen molar-refractivity contribution in [3.05, 3.63) is 70.3 Å². The van der Waals surface area contributed by atoms with Gasteiger partial charge in [-0.05, 0) is 31.0 Å². The van der Waals surface area contributed by atoms with E-state index in [2.05, 4.69) is 11.8 Å². The second kappa shape index (κ2) is 6.97. The van der Waals surface area contributed by atoms with E-state index < -0.39 is 5.91 Å². The number of hydrogen-bond acceptors (Lipinski definition) is 5. The lowest BCUT2D eigenvalue weighted by atomic mass is 9.80. The summed E-state index contributed by atoms with van der Waals surface area (Å²) in [7, 11) is 1.67. The Hall–Kier alpha value is -3.61. The molecule has 0 saturated carbocycles. The number of amides is 1. The van der Waals surface area contributed by atoms with Crippen molar-refractivity contribution in [2.75, 3.05) is 18.0 Å². The maximum absolute atomic E-state index is 12.9. The zero-order valence-corrected chi connectivity index (χ0v) is 17.6. The van der Waals surface area contributed by atoms with E-state index in [0.717, 1.165) is 40.7 Å². The largest absolute Gasteiger partial charge is 0.440 e. The summed E-state index contributed by atoms with van der Waals surface area (Å²) in [4.78, 5) is 32.1. The topological polar surface area (TPSA) is 94.4 Å². The molecule has 0 bridgehead atoms. The molecular weight excluding hydrogens is 392 g/mol. The maximum atomic E-state index is 12.9. The van der Waals surface area contributed by atoms with Crippen LogP contribution in [0, 0.1) is 0 Å². The predicted octanol–water partition coefficient (Wildman–Crippen LogP) is 3.34. The molecule has 7 heteroatoms. The van der Waals surface area contributed by atoms with Crippen LogP contribution < -0.4 is 16.2 Å². The monoisotopic (exact) mass is 416 g/mol. The van der Waals surface area contributed by atoms with Gasteiger partial charge in [0.2, 0.25) is 5.89 Å². The summed E-state index contributed by atoms with van der Waals surface area (Å²) in [6.07, 6.45) is 1.56. The van der Waals surface area contributed by atoms with Gasteiger partial charge in [0.1, 0.15) is 11.1 Å². The highest BCUT2D eigenvalue weighted by Crippen LogP contribution is 2.39. The van der Waals surface area contributed by atoms with E-state index in [1.54, 1.807) is 7.05 Å². The van der Waals surface area contributed by atoms with Crippen molar-refractivity contribution in [1.29, 1.82) is 0 Å². The van der Waals surface area contributed by atoms with Crippen molar-refractivity contribution in [2.24, 2.45) is 12.8 Å². The molecule has 0 unspecified atom stereocenters. The number of benzene rings is 2. The third kappa shape index (κ3) is 3.00. The Labute approximate surface area is 179 Å². The number of aromatic nitrogens is 2. The predicted molar refractivity (Wildman–Crippen MR) is 121 cm³/mol. The van der Waals surface area contributed by atoms with Crippen molar-refractivity contribution in [3.8, 4) is 0 Å². The van der Waals surface area contributed by atoms with Crippen LogP contribution in [0.5, 0.6) is 0 Å². The maximum Gasteiger partial charge on any atom is 0.265 e. The van der Waals surface area contributed by atoms with Gasteiger partial charge in [-0.15, -0.1) is 0 Å². The zero-order valence-electron chi connectivity index (χ0n) is 17.6. The Morgan fingerprint density at radius 2 is 1.77 bits per heavy atom. The van der Waals surface area contributed by atoms with Gasteiger partial charge in [-0.1, -0.05) is 37.3 Å². The number of piperidine rings is 1. The number of carbonyl (C=O) groups is 1. The van der Waals surface area contributed by atoms with Gasteiger partial charge < -0.3 is 19.6 Å². The van der Waals surface area contributed by atoms with Crippen LogP contribution in [-0.4, -0.2) is 28.5 Å². The molecule has 0 aliphatic carbocycles. The van der Waals surface area contributed by atoms with E-state index in [1.807, 2.05) is 48.5 Å². The van der Waals surface area contributed by atoms with Crippen LogP contribution in [0.2, 0.25) is 0 Å². The first kappa shape index (κ1) is 19.4. The van der Waals surface area contributed by atoms with E-state index in [0.29, 0.717) is 18.8 Å². The first-order chi connectivity index (χ1) is 14.9. The van der Waals surface area contributed by atoms with Gasteiger partial charge in [-0.2, -0.15) is 0 Å². The molecule has 0 atom stereocenters. The number of nitrogens with zero attached hydrogens (tertiary/aromatic N) is 3. The highest BCUT2D eigenvalue weighted by molar-refractivity contribution is 6.07. The van der Waals surface area contributed by atoms with Crippen molar-refractivity contribution < 1.29 is 9.21 Å². The molecule has 4 aromatic rings. The smallest absolute Gasteiger partial charge is 0.265 e. The van der Waals surface area contributed by atoms with Gasteiger partial charge in [0.05, 0.1) is 11.2 Å². The highest BCUT2D eigenvalue weighted by atomic mass is 16.3. The SMILES string of the molecule is Cn1c(=O)c(C(N)=O)c(N2CCC(C)(c3nc4ccccc4o3)CC2)c2ccccc21. The Bertz CT molecular complexity index is 1340. The molecule has 31 heavy (non-hydrogen) atoms. The molecule has 1 saturated heterocycles. The summed E-state index contributed by atoms with van der Waals surface area (Å²) >= 11 is 0. The molecule has 3 heterocycles. The highest BCUT2D eigenvalue weighted by Gasteiger charge is 2.37. The summed E-state index contributed by atoms with van der Waals surface area (Å²) in [5.74, 6) is 0.0333. The van der Waals surface area contributed by atoms with Crippen LogP contribution >= 0.6 is 0 Å². The molecule has 1 aliphatic rings. The number of oxazole rings is 1. The van der Waals surface area contributed by atoms with E-state index in [1.165, 1.54) is 4.57 Å². The molecule has 5 rings (SSSR count). The van der Waals surface area contributed by atoms with Gasteiger partial charge in [0, 0.05) is 30.9 Å². The lowest BCUT2D eigenvalue weighted by Gasteiger charge is -2.39. The molecule has 2 N–H and O–H groups in total. The summed E-state index contributed by atoms with van der Waals surface area (Å²) in [5, 5.41) is 0.851. The normalized spacial score (nSPS) is 16.1. The van der Waals surface area contributed by atoms with Gasteiger partial charge in [-0.25, -0.2) is 4.98 Å². The van der Waals surface area contributed by atoms with Crippen molar-refractivity contribution in [1.82, 2.24) is 9.55 Å². The molecule has 1 fully saturated rings. The van der Waals surface area contributed by atoms with Gasteiger partial charge in [0.25, 0.3) is 11.5 Å². The third-order valence-electron chi connectivity index (χ3n) is 6.52. The summed E-state index contributed by atoms with van der Waals surface area (Å²) in [6, 6.07) is 15.4. The van der Waals surface area contributed by atoms with Crippen LogP contribution in [0.25, 0.3) is 22.0 Å². The van der Waals surface area contributed by atoms with Crippen LogP contribution in [0.4, 0.5) is 5.69 Å². The standard InChI is InChI=1S/C24H24N4O3/c1-24(23-26-16-8-4-6-10-18(16)31-23)11-13-28(14-12-24)20-15-7-3-5-9-17(15)27(2)22(30)19(20)21(25)29/h3-10H,11-14H2,1-2H3,(H2,25,29). The van der Waals surface area contributed by atoms with E-state index >= 15 is 0 Å². The summed E-state index contributed by atoms with van der Waals surface area (Å²) < 4.78 is 7.55. The van der Waals surface area contributed by atoms with Gasteiger partial charge in [-0.3, -0.25) is 9.59 Å². The lowest BCUT2D eigenvalue weighted by Crippen LogP contribution is -2.43. The fourth-order valence-corrected chi connectivity index (χ4v) is 4.60. The Balaban J connectivity index is 1.55. The number of para-hydroxylation sites is 3. The number of rotatable bonds is 3. The molecule has 0 spiro atoms. The zero-order chi connectivity index (χ0) is 21.8. The fraction of sp³-hybridized carbons (Fsp3) is 0.292. The summed E-state index contributed by atoms with van der Waals surface area (Å²) in [6.45, 7) is 3.48. The van der Waals surface area contributed by atoms with Gasteiger partial charge >= 0.3 is 0 Å². The van der Waals surface area contributed by atoms with Crippen LogP contribution in [-0.2, 0) is 12.5 Å². The minimum Gasteiger partial charge on any atom is -0.440 e. The van der Waals surface area contributed by atoms with E-state index in [9.17, 15) is 9.59 Å². The fourth-order valence-electron chi connectivity index (χ4n) is 4.60. The number of nitrogens with two attached hydrogens (primary N) is 1. The average Bonchev–Trinajstić information content (AvgIpc) is 3.22. The van der Waals surface area contributed by atoms with Crippen molar-refractivity contribution >= 4 is 33.6 Å². The molecular formula is C24H24N4O3. The number of pyridine rings is 1. The van der Waals surface area contributed by atoms with Crippen molar-refractivity contribution in [3.63, 3.8) is 0 Å². The number of primary amides is 1. The average molecular weight is 416 g/mol. The quantitative estimate of drug-likeness (QED) is 0.553. The summed E-state index contributed by atoms with van der Waals surface area (Å²) in [5.41, 5.74) is 8.17. The third-order valence-corrected chi connectivity index (χ3v) is 6.52. The molecule has 2 aromatic carbocycles. The van der Waals surface area contributed by atoms with Crippen molar-refractivity contribution in [2.45, 2.75) is 25.2 Å². The molecule has 1 aliphatic heterocycles. The molecule has 158 valence electrons. The molecule has 7 nitrogen and oxygen atoms in total. The van der Waals surface area contributed by atoms with Gasteiger partial charge in [0.15, 0.2) is 5.58 Å². The number of fused-ring (bicyclic) bond motifs is 2. The molecule has 1 amide bonds. The second-order valence-electron chi connectivity index (χ2n) is 8.50. The van der Waals surface area contributed by atoms with Crippen LogP contribution in [0.15, 0.2) is 57.7 Å². The molecule has 2 aromatic heterocycles. The first-order valence-electron chi connectivity index (χ1n) is 10.4. The Morgan fingerprint density at radius 3 is 2.48 bits per heavy atom. The Kier molecular flexibility index (Phi) is 4.36. The van der Waals surface area contributed by atoms with Crippen LogP contribution in [0.1, 0.15) is 36.0 Å². The Morgan fingerprint density at radius 1 is 1.10 bits per heavy atom. The number of carbonyl (C=O) groups excluding carboxylic acids is 1. The number of hydrogen-bond donors (Lipinski definition) is 1. The van der Waals surface area contributed by atoms with Crippen LogP contribution in [0.3, 0.4) is 0 Å². The minimum absolute atomic E-state index is 0.0478. The second-order valence-corrected chi connectivity index (χ2v) is 8.50. The number of aryl methyl sites for hydroxylation is 1. The first-order valence-corrected chi connectivity index (χ1v) is 10.4. The lowest BCUT2D eigenvalue weighted by molar-refractivity contribution is 0.0999. The number of anilines is 1. The minimum atomic E-state index is -0.700.